The number of benzene rings is 2. The Morgan fingerprint density at radius 3 is 2.31 bits per heavy atom. The van der Waals surface area contributed by atoms with E-state index in [4.69, 9.17) is 0 Å². The summed E-state index contributed by atoms with van der Waals surface area (Å²) in [5.41, 5.74) is 0.787. The van der Waals surface area contributed by atoms with Gasteiger partial charge >= 0.3 is 5.69 Å². The number of rotatable bonds is 6. The van der Waals surface area contributed by atoms with Gasteiger partial charge in [-0.3, -0.25) is 18.2 Å². The van der Waals surface area contributed by atoms with Gasteiger partial charge in [0.15, 0.2) is 0 Å². The van der Waals surface area contributed by atoms with Gasteiger partial charge in [-0.15, -0.1) is 0 Å². The SMILES string of the molecule is CN(c1ccccc1)S(=O)(=O)c1cccc(NCc2cc(=O)n(C)c(=O)n2C)c1. The summed E-state index contributed by atoms with van der Waals surface area (Å²) in [5.74, 6) is 0. The Labute approximate surface area is 168 Å². The van der Waals surface area contributed by atoms with Crippen LogP contribution in [0.1, 0.15) is 5.69 Å². The van der Waals surface area contributed by atoms with Crippen molar-refractivity contribution in [1.29, 1.82) is 0 Å². The highest BCUT2D eigenvalue weighted by atomic mass is 32.2. The molecule has 1 N–H and O–H groups in total. The number of nitrogens with one attached hydrogen (secondary N) is 1. The summed E-state index contributed by atoms with van der Waals surface area (Å²) in [4.78, 5) is 24.0. The van der Waals surface area contributed by atoms with E-state index in [1.807, 2.05) is 6.07 Å². The average molecular weight is 414 g/mol. The molecule has 0 spiro atoms. The first-order valence-electron chi connectivity index (χ1n) is 8.85. The van der Waals surface area contributed by atoms with Crippen molar-refractivity contribution in [2.75, 3.05) is 16.7 Å². The van der Waals surface area contributed by atoms with Crippen LogP contribution in [0.5, 0.6) is 0 Å². The summed E-state index contributed by atoms with van der Waals surface area (Å²) in [6.07, 6.45) is 0. The maximum atomic E-state index is 12.9. The van der Waals surface area contributed by atoms with E-state index in [0.717, 1.165) is 4.57 Å². The third-order valence-corrected chi connectivity index (χ3v) is 6.49. The molecule has 3 aromatic rings. The van der Waals surface area contributed by atoms with Crippen LogP contribution in [0.4, 0.5) is 11.4 Å². The van der Waals surface area contributed by atoms with Crippen molar-refractivity contribution in [3.8, 4) is 0 Å². The summed E-state index contributed by atoms with van der Waals surface area (Å²) in [7, 11) is 0.754. The van der Waals surface area contributed by atoms with Crippen LogP contribution in [0.15, 0.2) is 75.1 Å². The fraction of sp³-hybridized carbons (Fsp3) is 0.200. The standard InChI is InChI=1S/C20H22N4O4S/c1-22-17(13-19(25)23(2)20(22)26)14-21-15-8-7-11-18(12-15)29(27,28)24(3)16-9-5-4-6-10-16/h4-13,21H,14H2,1-3H3. The van der Waals surface area contributed by atoms with Crippen LogP contribution in [0.25, 0.3) is 0 Å². The van der Waals surface area contributed by atoms with Crippen molar-refractivity contribution >= 4 is 21.4 Å². The second-order valence-electron chi connectivity index (χ2n) is 6.56. The normalized spacial score (nSPS) is 11.3. The zero-order valence-corrected chi connectivity index (χ0v) is 17.2. The Bertz CT molecular complexity index is 1250. The fourth-order valence-electron chi connectivity index (χ4n) is 2.84. The number of aromatic nitrogens is 2. The van der Waals surface area contributed by atoms with E-state index >= 15 is 0 Å². The van der Waals surface area contributed by atoms with Gasteiger partial charge in [0.2, 0.25) is 0 Å². The first-order chi connectivity index (χ1) is 13.7. The minimum Gasteiger partial charge on any atom is -0.379 e. The Hall–Kier alpha value is -3.33. The van der Waals surface area contributed by atoms with E-state index in [9.17, 15) is 18.0 Å². The highest BCUT2D eigenvalue weighted by Gasteiger charge is 2.21. The molecule has 0 bridgehead atoms. The van der Waals surface area contributed by atoms with E-state index in [1.165, 1.54) is 41.2 Å². The molecule has 0 atom stereocenters. The largest absolute Gasteiger partial charge is 0.379 e. The van der Waals surface area contributed by atoms with Crippen LogP contribution >= 0.6 is 0 Å². The summed E-state index contributed by atoms with van der Waals surface area (Å²) >= 11 is 0. The molecule has 0 saturated heterocycles. The Morgan fingerprint density at radius 1 is 0.931 bits per heavy atom. The van der Waals surface area contributed by atoms with Crippen molar-refractivity contribution in [3.63, 3.8) is 0 Å². The molecule has 1 aromatic heterocycles. The van der Waals surface area contributed by atoms with E-state index < -0.39 is 21.3 Å². The van der Waals surface area contributed by atoms with Gasteiger partial charge in [-0.25, -0.2) is 13.2 Å². The predicted molar refractivity (Wildman–Crippen MR) is 113 cm³/mol. The van der Waals surface area contributed by atoms with Gasteiger partial charge in [-0.2, -0.15) is 0 Å². The molecule has 9 heteroatoms. The molecular weight excluding hydrogens is 392 g/mol. The van der Waals surface area contributed by atoms with Crippen LogP contribution in [-0.4, -0.2) is 24.6 Å². The maximum absolute atomic E-state index is 12.9. The molecule has 0 aliphatic rings. The van der Waals surface area contributed by atoms with Crippen molar-refractivity contribution in [2.24, 2.45) is 14.1 Å². The van der Waals surface area contributed by atoms with Crippen molar-refractivity contribution in [1.82, 2.24) is 9.13 Å². The number of anilines is 2. The van der Waals surface area contributed by atoms with Crippen molar-refractivity contribution in [3.05, 3.63) is 87.2 Å². The van der Waals surface area contributed by atoms with Crippen LogP contribution < -0.4 is 20.9 Å². The Kier molecular flexibility index (Phi) is 5.60. The molecule has 1 heterocycles. The Balaban J connectivity index is 1.85. The van der Waals surface area contributed by atoms with Gasteiger partial charge in [0.05, 0.1) is 17.1 Å². The zero-order valence-electron chi connectivity index (χ0n) is 16.4. The quantitative estimate of drug-likeness (QED) is 0.660. The smallest absolute Gasteiger partial charge is 0.330 e. The van der Waals surface area contributed by atoms with E-state index in [-0.39, 0.29) is 11.4 Å². The number of sulfonamides is 1. The summed E-state index contributed by atoms with van der Waals surface area (Å²) in [6, 6.07) is 16.6. The molecule has 2 aromatic carbocycles. The van der Waals surface area contributed by atoms with Crippen LogP contribution in [0, 0.1) is 0 Å². The molecule has 0 amide bonds. The molecule has 152 valence electrons. The lowest BCUT2D eigenvalue weighted by atomic mass is 10.3. The van der Waals surface area contributed by atoms with E-state index in [0.29, 0.717) is 17.1 Å². The van der Waals surface area contributed by atoms with Gasteiger partial charge in [-0.1, -0.05) is 24.3 Å². The number of para-hydroxylation sites is 1. The summed E-state index contributed by atoms with van der Waals surface area (Å²) in [6.45, 7) is 0.194. The highest BCUT2D eigenvalue weighted by molar-refractivity contribution is 7.92. The molecule has 0 fully saturated rings. The minimum absolute atomic E-state index is 0.131. The summed E-state index contributed by atoms with van der Waals surface area (Å²) < 4.78 is 29.5. The molecule has 0 aliphatic carbocycles. The molecule has 8 nitrogen and oxygen atoms in total. The molecule has 0 radical (unpaired) electrons. The first-order valence-corrected chi connectivity index (χ1v) is 10.3. The second-order valence-corrected chi connectivity index (χ2v) is 8.53. The number of hydrogen-bond donors (Lipinski definition) is 1. The lowest BCUT2D eigenvalue weighted by Gasteiger charge is -2.20. The third kappa shape index (κ3) is 4.09. The first kappa shape index (κ1) is 20.4. The fourth-order valence-corrected chi connectivity index (χ4v) is 4.08. The zero-order chi connectivity index (χ0) is 21.2. The minimum atomic E-state index is -3.74. The van der Waals surface area contributed by atoms with Gasteiger partial charge in [0, 0.05) is 38.6 Å². The summed E-state index contributed by atoms with van der Waals surface area (Å²) in [5, 5.41) is 3.08. The topological polar surface area (TPSA) is 93.4 Å². The number of nitrogens with zero attached hydrogens (tertiary/aromatic N) is 3. The molecule has 0 unspecified atom stereocenters. The van der Waals surface area contributed by atoms with Crippen LogP contribution in [0.2, 0.25) is 0 Å². The molecular formula is C20H22N4O4S. The van der Waals surface area contributed by atoms with Gasteiger partial charge in [0.1, 0.15) is 0 Å². The molecule has 0 saturated carbocycles. The number of hydrogen-bond acceptors (Lipinski definition) is 5. The van der Waals surface area contributed by atoms with E-state index in [2.05, 4.69) is 5.32 Å². The van der Waals surface area contributed by atoms with Crippen LogP contribution in [-0.2, 0) is 30.7 Å². The lowest BCUT2D eigenvalue weighted by molar-refractivity contribution is 0.594. The van der Waals surface area contributed by atoms with Gasteiger partial charge < -0.3 is 5.32 Å². The van der Waals surface area contributed by atoms with Gasteiger partial charge in [-0.05, 0) is 30.3 Å². The van der Waals surface area contributed by atoms with E-state index in [1.54, 1.807) is 43.4 Å². The predicted octanol–water partition coefficient (Wildman–Crippen LogP) is 1.52. The maximum Gasteiger partial charge on any atom is 0.330 e. The van der Waals surface area contributed by atoms with Crippen LogP contribution in [0.3, 0.4) is 0 Å². The molecule has 29 heavy (non-hydrogen) atoms. The average Bonchev–Trinajstić information content (AvgIpc) is 2.74. The molecule has 3 rings (SSSR count). The lowest BCUT2D eigenvalue weighted by Crippen LogP contribution is -2.38. The van der Waals surface area contributed by atoms with Crippen molar-refractivity contribution in [2.45, 2.75) is 11.4 Å². The van der Waals surface area contributed by atoms with Gasteiger partial charge in [0.25, 0.3) is 15.6 Å². The Morgan fingerprint density at radius 2 is 1.62 bits per heavy atom. The second kappa shape index (κ2) is 7.96. The third-order valence-electron chi connectivity index (χ3n) is 4.71. The van der Waals surface area contributed by atoms with Crippen molar-refractivity contribution < 1.29 is 8.42 Å². The monoisotopic (exact) mass is 414 g/mol. The molecule has 0 aliphatic heterocycles. The highest BCUT2D eigenvalue weighted by Crippen LogP contribution is 2.23.